The Balaban J connectivity index is 1.64. The van der Waals surface area contributed by atoms with Crippen LogP contribution in [0.2, 0.25) is 0 Å². The predicted octanol–water partition coefficient (Wildman–Crippen LogP) is 1.56. The van der Waals surface area contributed by atoms with E-state index in [0.29, 0.717) is 12.8 Å². The number of aliphatic hydroxyl groups is 1. The van der Waals surface area contributed by atoms with Crippen LogP contribution in [0.25, 0.3) is 10.9 Å². The zero-order valence-corrected chi connectivity index (χ0v) is 13.9. The van der Waals surface area contributed by atoms with Crippen LogP contribution >= 0.6 is 0 Å². The molecule has 0 spiro atoms. The average molecular weight is 350 g/mol. The van der Waals surface area contributed by atoms with Gasteiger partial charge in [-0.3, -0.25) is 14.6 Å². The Morgan fingerprint density at radius 2 is 2.04 bits per heavy atom. The van der Waals surface area contributed by atoms with Crippen molar-refractivity contribution in [3.05, 3.63) is 70.5 Å². The van der Waals surface area contributed by atoms with E-state index in [1.54, 1.807) is 6.20 Å². The first kappa shape index (κ1) is 16.4. The Hall–Kier alpha value is -3.06. The second kappa shape index (κ2) is 6.68. The monoisotopic (exact) mass is 350 g/mol. The number of nitrogens with one attached hydrogen (secondary N) is 2. The largest absolute Gasteiger partial charge is 0.393 e. The van der Waals surface area contributed by atoms with E-state index in [-0.39, 0.29) is 35.2 Å². The first-order valence-corrected chi connectivity index (χ1v) is 8.48. The van der Waals surface area contributed by atoms with Crippen molar-refractivity contribution in [1.29, 1.82) is 0 Å². The first-order chi connectivity index (χ1) is 12.6. The predicted molar refractivity (Wildman–Crippen MR) is 95.5 cm³/mol. The fourth-order valence-electron chi connectivity index (χ4n) is 3.32. The quantitative estimate of drug-likeness (QED) is 0.662. The number of amides is 1. The van der Waals surface area contributed by atoms with Gasteiger partial charge in [0.1, 0.15) is 5.69 Å². The molecule has 1 aliphatic carbocycles. The number of para-hydroxylation sites is 1. The van der Waals surface area contributed by atoms with E-state index >= 15 is 0 Å². The van der Waals surface area contributed by atoms with Gasteiger partial charge in [-0.25, -0.2) is 4.98 Å². The molecule has 2 heterocycles. The van der Waals surface area contributed by atoms with Crippen molar-refractivity contribution in [3.63, 3.8) is 0 Å². The van der Waals surface area contributed by atoms with Crippen molar-refractivity contribution < 1.29 is 9.90 Å². The number of hydrogen-bond acceptors (Lipinski definition) is 5. The summed E-state index contributed by atoms with van der Waals surface area (Å²) in [5.41, 5.74) is 1.55. The summed E-state index contributed by atoms with van der Waals surface area (Å²) in [7, 11) is 0. The molecule has 132 valence electrons. The van der Waals surface area contributed by atoms with Crippen molar-refractivity contribution in [2.75, 3.05) is 0 Å². The second-order valence-corrected chi connectivity index (χ2v) is 6.59. The van der Waals surface area contributed by atoms with Gasteiger partial charge in [0.15, 0.2) is 0 Å². The molecule has 1 aliphatic rings. The van der Waals surface area contributed by atoms with E-state index in [2.05, 4.69) is 20.3 Å². The second-order valence-electron chi connectivity index (χ2n) is 6.59. The van der Waals surface area contributed by atoms with E-state index in [1.807, 2.05) is 30.3 Å². The van der Waals surface area contributed by atoms with Crippen molar-refractivity contribution in [1.82, 2.24) is 20.3 Å². The van der Waals surface area contributed by atoms with Crippen LogP contribution < -0.4 is 10.9 Å². The molecule has 0 bridgehead atoms. The number of aliphatic hydroxyl groups excluding tert-OH is 1. The topological polar surface area (TPSA) is 108 Å². The lowest BCUT2D eigenvalue weighted by Crippen LogP contribution is -2.41. The lowest BCUT2D eigenvalue weighted by atomic mass is 9.75. The molecule has 3 N–H and O–H groups in total. The molecule has 3 aromatic rings. The Kier molecular flexibility index (Phi) is 4.22. The minimum absolute atomic E-state index is 0.125. The molecule has 4 rings (SSSR count). The highest BCUT2D eigenvalue weighted by Crippen LogP contribution is 2.38. The molecule has 2 aromatic heterocycles. The minimum atomic E-state index is -0.374. The Morgan fingerprint density at radius 3 is 2.77 bits per heavy atom. The molecule has 1 saturated carbocycles. The molecular weight excluding hydrogens is 332 g/mol. The van der Waals surface area contributed by atoms with Gasteiger partial charge in [-0.2, -0.15) is 0 Å². The van der Waals surface area contributed by atoms with Crippen LogP contribution in [0, 0.1) is 5.92 Å². The summed E-state index contributed by atoms with van der Waals surface area (Å²) in [6.45, 7) is 0. The third-order valence-electron chi connectivity index (χ3n) is 4.78. The molecule has 7 nitrogen and oxygen atoms in total. The molecule has 1 fully saturated rings. The normalized spacial score (nSPS) is 20.3. The van der Waals surface area contributed by atoms with Crippen LogP contribution in [0.4, 0.5) is 0 Å². The maximum atomic E-state index is 12.6. The van der Waals surface area contributed by atoms with Crippen LogP contribution in [-0.2, 0) is 0 Å². The molecule has 1 aromatic carbocycles. The number of aromatic nitrogens is 3. The summed E-state index contributed by atoms with van der Waals surface area (Å²) >= 11 is 0. The van der Waals surface area contributed by atoms with Gasteiger partial charge in [-0.05, 0) is 36.5 Å². The van der Waals surface area contributed by atoms with E-state index in [9.17, 15) is 14.7 Å². The number of nitrogens with zero attached hydrogens (tertiary/aromatic N) is 2. The number of aromatic amines is 1. The SMILES string of the molecule is O=C(N[C@H](c1cnc2ccccc2c1)C1CC(O)C1)c1c[nH]c(=O)cn1. The highest BCUT2D eigenvalue weighted by molar-refractivity contribution is 5.92. The summed E-state index contributed by atoms with van der Waals surface area (Å²) < 4.78 is 0. The number of fused-ring (bicyclic) bond motifs is 1. The molecule has 1 atom stereocenters. The van der Waals surface area contributed by atoms with Crippen molar-refractivity contribution >= 4 is 16.8 Å². The Morgan fingerprint density at radius 1 is 1.23 bits per heavy atom. The summed E-state index contributed by atoms with van der Waals surface area (Å²) in [6, 6.07) is 9.51. The summed E-state index contributed by atoms with van der Waals surface area (Å²) in [5, 5.41) is 13.7. The molecule has 0 unspecified atom stereocenters. The van der Waals surface area contributed by atoms with Gasteiger partial charge in [-0.15, -0.1) is 0 Å². The molecule has 26 heavy (non-hydrogen) atoms. The zero-order valence-electron chi connectivity index (χ0n) is 13.9. The van der Waals surface area contributed by atoms with Gasteiger partial charge in [0.25, 0.3) is 11.5 Å². The number of benzene rings is 1. The number of carbonyl (C=O) groups excluding carboxylic acids is 1. The number of rotatable bonds is 4. The van der Waals surface area contributed by atoms with Crippen LogP contribution in [0.5, 0.6) is 0 Å². The fourth-order valence-corrected chi connectivity index (χ4v) is 3.32. The van der Waals surface area contributed by atoms with Crippen molar-refractivity contribution in [3.8, 4) is 0 Å². The number of hydrogen-bond donors (Lipinski definition) is 3. The number of H-pyrrole nitrogens is 1. The molecule has 0 radical (unpaired) electrons. The van der Waals surface area contributed by atoms with Gasteiger partial charge in [0, 0.05) is 17.8 Å². The summed E-state index contributed by atoms with van der Waals surface area (Å²) in [4.78, 5) is 34.5. The van der Waals surface area contributed by atoms with Gasteiger partial charge in [0.05, 0.1) is 23.9 Å². The lowest BCUT2D eigenvalue weighted by molar-refractivity contribution is 0.0234. The van der Waals surface area contributed by atoms with E-state index < -0.39 is 0 Å². The van der Waals surface area contributed by atoms with Crippen LogP contribution in [0.1, 0.15) is 34.9 Å². The van der Waals surface area contributed by atoms with E-state index in [1.165, 1.54) is 6.20 Å². The number of pyridine rings is 1. The Bertz CT molecular complexity index is 990. The van der Waals surface area contributed by atoms with Gasteiger partial charge in [0.2, 0.25) is 0 Å². The number of carbonyl (C=O) groups is 1. The summed E-state index contributed by atoms with van der Waals surface area (Å²) in [5.74, 6) is -0.250. The molecule has 7 heteroatoms. The Labute approximate surface area is 149 Å². The van der Waals surface area contributed by atoms with Crippen LogP contribution in [0.15, 0.2) is 53.7 Å². The summed E-state index contributed by atoms with van der Waals surface area (Å²) in [6.07, 6.45) is 5.04. The smallest absolute Gasteiger partial charge is 0.271 e. The first-order valence-electron chi connectivity index (χ1n) is 8.48. The lowest BCUT2D eigenvalue weighted by Gasteiger charge is -2.38. The van der Waals surface area contributed by atoms with Gasteiger partial charge >= 0.3 is 0 Å². The molecular formula is C19H18N4O3. The minimum Gasteiger partial charge on any atom is -0.393 e. The van der Waals surface area contributed by atoms with Crippen LogP contribution in [-0.4, -0.2) is 32.1 Å². The highest BCUT2D eigenvalue weighted by Gasteiger charge is 2.36. The third kappa shape index (κ3) is 3.21. The maximum absolute atomic E-state index is 12.6. The average Bonchev–Trinajstić information content (AvgIpc) is 2.64. The zero-order chi connectivity index (χ0) is 18.1. The highest BCUT2D eigenvalue weighted by atomic mass is 16.3. The van der Waals surface area contributed by atoms with Gasteiger partial charge < -0.3 is 15.4 Å². The maximum Gasteiger partial charge on any atom is 0.271 e. The molecule has 1 amide bonds. The molecule has 0 aliphatic heterocycles. The van der Waals surface area contributed by atoms with E-state index in [0.717, 1.165) is 22.7 Å². The fraction of sp³-hybridized carbons (Fsp3) is 0.263. The van der Waals surface area contributed by atoms with Crippen molar-refractivity contribution in [2.24, 2.45) is 5.92 Å². The standard InChI is InChI=1S/C19H18N4O3/c24-14-6-12(7-14)18(23-19(26)16-9-22-17(25)10-21-16)13-5-11-3-1-2-4-15(11)20-8-13/h1-5,8-10,12,14,18,24H,6-7H2,(H,22,25)(H,23,26)/t12?,14?,18-/m0/s1. The van der Waals surface area contributed by atoms with Gasteiger partial charge in [-0.1, -0.05) is 18.2 Å². The van der Waals surface area contributed by atoms with E-state index in [4.69, 9.17) is 0 Å². The van der Waals surface area contributed by atoms with Crippen LogP contribution in [0.3, 0.4) is 0 Å². The molecule has 0 saturated heterocycles. The third-order valence-corrected chi connectivity index (χ3v) is 4.78. The van der Waals surface area contributed by atoms with Crippen molar-refractivity contribution in [2.45, 2.75) is 25.0 Å².